The van der Waals surface area contributed by atoms with Gasteiger partial charge in [-0.3, -0.25) is 9.59 Å². The van der Waals surface area contributed by atoms with E-state index < -0.39 is 6.04 Å². The molecule has 0 saturated heterocycles. The smallest absolute Gasteiger partial charge is 0.242 e. The van der Waals surface area contributed by atoms with Crippen molar-refractivity contribution < 1.29 is 9.59 Å². The highest BCUT2D eigenvalue weighted by atomic mass is 32.2. The predicted molar refractivity (Wildman–Crippen MR) is 116 cm³/mol. The lowest BCUT2D eigenvalue weighted by atomic mass is 10.1. The van der Waals surface area contributed by atoms with Crippen molar-refractivity contribution in [1.82, 2.24) is 10.2 Å². The summed E-state index contributed by atoms with van der Waals surface area (Å²) >= 11 is 1.51. The molecule has 0 aliphatic rings. The number of benzene rings is 2. The van der Waals surface area contributed by atoms with Crippen LogP contribution in [0, 0.1) is 13.8 Å². The number of aryl methyl sites for hydroxylation is 2. The third-order valence-corrected chi connectivity index (χ3v) is 5.55. The minimum atomic E-state index is -0.466. The summed E-state index contributed by atoms with van der Waals surface area (Å²) in [4.78, 5) is 28.5. The molecule has 1 N–H and O–H groups in total. The van der Waals surface area contributed by atoms with Gasteiger partial charge >= 0.3 is 0 Å². The molecule has 0 spiro atoms. The number of carbonyl (C=O) groups is 2. The molecule has 150 valence electrons. The lowest BCUT2D eigenvalue weighted by molar-refractivity contribution is -0.139. The molecule has 2 aromatic carbocycles. The topological polar surface area (TPSA) is 49.4 Å². The average molecular weight is 399 g/mol. The van der Waals surface area contributed by atoms with E-state index in [4.69, 9.17) is 0 Å². The van der Waals surface area contributed by atoms with Gasteiger partial charge in [-0.05, 0) is 44.9 Å². The van der Waals surface area contributed by atoms with E-state index in [2.05, 4.69) is 11.4 Å². The highest BCUT2D eigenvalue weighted by Gasteiger charge is 2.28. The Kier molecular flexibility index (Phi) is 8.58. The molecule has 5 heteroatoms. The Hall–Kier alpha value is -2.27. The lowest BCUT2D eigenvalue weighted by Gasteiger charge is -2.30. The fourth-order valence-corrected chi connectivity index (χ4v) is 3.87. The van der Waals surface area contributed by atoms with Gasteiger partial charge in [0.05, 0.1) is 5.75 Å². The van der Waals surface area contributed by atoms with E-state index in [-0.39, 0.29) is 11.8 Å². The van der Waals surface area contributed by atoms with Crippen LogP contribution in [0.4, 0.5) is 0 Å². The molecule has 4 nitrogen and oxygen atoms in total. The van der Waals surface area contributed by atoms with Gasteiger partial charge in [0.25, 0.3) is 0 Å². The zero-order valence-electron chi connectivity index (χ0n) is 17.2. The maximum Gasteiger partial charge on any atom is 0.242 e. The number of hydrogen-bond acceptors (Lipinski definition) is 3. The minimum absolute atomic E-state index is 0.0230. The summed E-state index contributed by atoms with van der Waals surface area (Å²) in [5.74, 6) is 0.196. The zero-order valence-corrected chi connectivity index (χ0v) is 18.0. The van der Waals surface area contributed by atoms with Crippen LogP contribution in [-0.4, -0.2) is 35.1 Å². The molecule has 2 rings (SSSR count). The first-order valence-corrected chi connectivity index (χ1v) is 10.7. The molecule has 28 heavy (non-hydrogen) atoms. The second-order valence-corrected chi connectivity index (χ2v) is 7.98. The number of nitrogens with one attached hydrogen (secondary N) is 1. The molecule has 0 fully saturated rings. The summed E-state index contributed by atoms with van der Waals surface area (Å²) in [7, 11) is 0. The van der Waals surface area contributed by atoms with Crippen molar-refractivity contribution in [2.24, 2.45) is 0 Å². The minimum Gasteiger partial charge on any atom is -0.355 e. The number of nitrogens with zero attached hydrogens (tertiary/aromatic N) is 1. The van der Waals surface area contributed by atoms with Crippen LogP contribution in [0.1, 0.15) is 37.0 Å². The molecule has 2 aromatic rings. The molecule has 0 saturated carbocycles. The van der Waals surface area contributed by atoms with Gasteiger partial charge in [0.1, 0.15) is 6.04 Å². The Bertz CT molecular complexity index is 789. The first-order valence-electron chi connectivity index (χ1n) is 9.76. The zero-order chi connectivity index (χ0) is 20.5. The Labute approximate surface area is 172 Å². The van der Waals surface area contributed by atoms with E-state index in [1.54, 1.807) is 4.90 Å². The van der Waals surface area contributed by atoms with Crippen molar-refractivity contribution in [2.75, 3.05) is 12.3 Å². The number of amides is 2. The third kappa shape index (κ3) is 6.41. The van der Waals surface area contributed by atoms with E-state index in [0.717, 1.165) is 16.0 Å². The van der Waals surface area contributed by atoms with Gasteiger partial charge in [0, 0.05) is 18.0 Å². The van der Waals surface area contributed by atoms with Gasteiger partial charge < -0.3 is 10.2 Å². The standard InChI is InChI=1S/C23H30N2O2S/c1-5-21(23(27)24-6-2)25(15-19-9-7-8-18(4)14-19)22(26)16-28-20-12-10-17(3)11-13-20/h7-14,21H,5-6,15-16H2,1-4H3,(H,24,27). The van der Waals surface area contributed by atoms with Crippen molar-refractivity contribution in [3.8, 4) is 0 Å². The second-order valence-electron chi connectivity index (χ2n) is 6.93. The molecule has 0 aliphatic carbocycles. The fourth-order valence-electron chi connectivity index (χ4n) is 3.08. The highest BCUT2D eigenvalue weighted by molar-refractivity contribution is 8.00. The molecule has 0 heterocycles. The van der Waals surface area contributed by atoms with Gasteiger partial charge in [-0.1, -0.05) is 54.4 Å². The van der Waals surface area contributed by atoms with E-state index in [1.165, 1.54) is 17.3 Å². The van der Waals surface area contributed by atoms with Crippen LogP contribution < -0.4 is 5.32 Å². The molecule has 1 atom stereocenters. The first kappa shape index (κ1) is 22.0. The Morgan fingerprint density at radius 2 is 1.75 bits per heavy atom. The molecular formula is C23H30N2O2S. The van der Waals surface area contributed by atoms with E-state index >= 15 is 0 Å². The van der Waals surface area contributed by atoms with Crippen LogP contribution in [0.3, 0.4) is 0 Å². The van der Waals surface area contributed by atoms with Crippen molar-refractivity contribution in [1.29, 1.82) is 0 Å². The Balaban J connectivity index is 2.18. The highest BCUT2D eigenvalue weighted by Crippen LogP contribution is 2.21. The fraction of sp³-hybridized carbons (Fsp3) is 0.391. The summed E-state index contributed by atoms with van der Waals surface area (Å²) in [6.45, 7) is 8.91. The summed E-state index contributed by atoms with van der Waals surface area (Å²) in [5.41, 5.74) is 3.38. The first-order chi connectivity index (χ1) is 13.4. The van der Waals surface area contributed by atoms with Crippen LogP contribution in [-0.2, 0) is 16.1 Å². The quantitative estimate of drug-likeness (QED) is 0.639. The number of likely N-dealkylation sites (N-methyl/N-ethyl adjacent to an activating group) is 1. The molecule has 0 bridgehead atoms. The van der Waals surface area contributed by atoms with Gasteiger partial charge in [-0.2, -0.15) is 0 Å². The molecular weight excluding hydrogens is 368 g/mol. The van der Waals surface area contributed by atoms with Crippen LogP contribution in [0.5, 0.6) is 0 Å². The van der Waals surface area contributed by atoms with Gasteiger partial charge in [-0.15, -0.1) is 11.8 Å². The predicted octanol–water partition coefficient (Wildman–Crippen LogP) is 4.34. The average Bonchev–Trinajstić information content (AvgIpc) is 2.67. The van der Waals surface area contributed by atoms with E-state index in [0.29, 0.717) is 25.3 Å². The van der Waals surface area contributed by atoms with Crippen molar-refractivity contribution in [3.63, 3.8) is 0 Å². The summed E-state index contributed by atoms with van der Waals surface area (Å²) in [6, 6.07) is 15.8. The van der Waals surface area contributed by atoms with Gasteiger partial charge in [-0.25, -0.2) is 0 Å². The van der Waals surface area contributed by atoms with E-state index in [9.17, 15) is 9.59 Å². The molecule has 0 aromatic heterocycles. The monoisotopic (exact) mass is 398 g/mol. The second kappa shape index (κ2) is 10.9. The normalized spacial score (nSPS) is 11.7. The molecule has 2 amide bonds. The number of carbonyl (C=O) groups excluding carboxylic acids is 2. The van der Waals surface area contributed by atoms with Crippen LogP contribution in [0.25, 0.3) is 0 Å². The molecule has 1 unspecified atom stereocenters. The van der Waals surface area contributed by atoms with Crippen LogP contribution in [0.2, 0.25) is 0 Å². The molecule has 0 radical (unpaired) electrons. The maximum absolute atomic E-state index is 13.1. The van der Waals surface area contributed by atoms with Crippen molar-refractivity contribution in [2.45, 2.75) is 51.6 Å². The Morgan fingerprint density at radius 1 is 1.04 bits per heavy atom. The van der Waals surface area contributed by atoms with Gasteiger partial charge in [0.15, 0.2) is 0 Å². The third-order valence-electron chi connectivity index (χ3n) is 4.56. The maximum atomic E-state index is 13.1. The van der Waals surface area contributed by atoms with Crippen molar-refractivity contribution in [3.05, 3.63) is 65.2 Å². The number of hydrogen-bond donors (Lipinski definition) is 1. The van der Waals surface area contributed by atoms with E-state index in [1.807, 2.05) is 70.2 Å². The van der Waals surface area contributed by atoms with Crippen LogP contribution in [0.15, 0.2) is 53.4 Å². The van der Waals surface area contributed by atoms with Gasteiger partial charge in [0.2, 0.25) is 11.8 Å². The Morgan fingerprint density at radius 3 is 2.36 bits per heavy atom. The number of thioether (sulfide) groups is 1. The number of rotatable bonds is 9. The summed E-state index contributed by atoms with van der Waals surface area (Å²) in [6.07, 6.45) is 0.582. The SMILES string of the molecule is CCNC(=O)C(CC)N(Cc1cccc(C)c1)C(=O)CSc1ccc(C)cc1. The van der Waals surface area contributed by atoms with Crippen LogP contribution >= 0.6 is 11.8 Å². The lowest BCUT2D eigenvalue weighted by Crippen LogP contribution is -2.49. The summed E-state index contributed by atoms with van der Waals surface area (Å²) in [5, 5.41) is 2.87. The van der Waals surface area contributed by atoms with Crippen molar-refractivity contribution >= 4 is 23.6 Å². The molecule has 0 aliphatic heterocycles. The largest absolute Gasteiger partial charge is 0.355 e. The summed E-state index contributed by atoms with van der Waals surface area (Å²) < 4.78 is 0.